The first kappa shape index (κ1) is 21.3. The Bertz CT molecular complexity index is 808. The molecule has 158 valence electrons. The van der Waals surface area contributed by atoms with Crippen molar-refractivity contribution in [2.75, 3.05) is 0 Å². The maximum Gasteiger partial charge on any atom is 0.341 e. The highest BCUT2D eigenvalue weighted by Gasteiger charge is 2.59. The number of carbonyl (C=O) groups excluding carboxylic acids is 3. The second kappa shape index (κ2) is 7.78. The predicted octanol–water partition coefficient (Wildman–Crippen LogP) is 2.79. The summed E-state index contributed by atoms with van der Waals surface area (Å²) < 4.78 is 22.3. The second-order valence-corrected chi connectivity index (χ2v) is 8.19. The van der Waals surface area contributed by atoms with Crippen molar-refractivity contribution in [3.05, 3.63) is 35.5 Å². The van der Waals surface area contributed by atoms with Gasteiger partial charge in [-0.1, -0.05) is 18.2 Å². The first-order valence-electron chi connectivity index (χ1n) is 9.84. The standard InChI is InChI=1S/C22H28O7/c1-11-8-7-9-12(2)18(26-15(5)23)19(28-21(25)22(6)14(4)29-22)17-13(3)20(24)27-16(17)10-11/h9-10,14,16-19H,3,7-8H2,1-2,4-6H3/b11-10-,12-9+/t14?,16-,17-,18+,19+,22?/m0/s1. The van der Waals surface area contributed by atoms with Gasteiger partial charge in [0.2, 0.25) is 0 Å². The summed E-state index contributed by atoms with van der Waals surface area (Å²) in [6, 6.07) is 0. The summed E-state index contributed by atoms with van der Waals surface area (Å²) in [6.45, 7) is 12.4. The number of ether oxygens (including phenoxy) is 4. The molecular formula is C22H28O7. The SMILES string of the molecule is C=C1C(=O)O[C@H]2/C=C(/C)CC/C=C(\C)[C@@H](OC(C)=O)[C@H](OC(=O)C3(C)OC3C)[C@@H]12. The van der Waals surface area contributed by atoms with E-state index in [4.69, 9.17) is 18.9 Å². The van der Waals surface area contributed by atoms with Crippen molar-refractivity contribution in [2.45, 2.75) is 77.5 Å². The molecule has 0 radical (unpaired) electrons. The number of allylic oxidation sites excluding steroid dienone is 2. The number of hydrogen-bond acceptors (Lipinski definition) is 7. The first-order chi connectivity index (χ1) is 13.5. The minimum absolute atomic E-state index is 0.192. The number of carbonyl (C=O) groups is 3. The minimum Gasteiger partial charge on any atom is -0.455 e. The van der Waals surface area contributed by atoms with Crippen molar-refractivity contribution in [3.8, 4) is 0 Å². The Morgan fingerprint density at radius 1 is 1.28 bits per heavy atom. The van der Waals surface area contributed by atoms with Gasteiger partial charge in [0.25, 0.3) is 0 Å². The van der Waals surface area contributed by atoms with E-state index < -0.39 is 47.7 Å². The van der Waals surface area contributed by atoms with E-state index in [1.54, 1.807) is 13.8 Å². The topological polar surface area (TPSA) is 91.4 Å². The van der Waals surface area contributed by atoms with Gasteiger partial charge in [0, 0.05) is 12.5 Å². The highest BCUT2D eigenvalue weighted by molar-refractivity contribution is 5.91. The Morgan fingerprint density at radius 2 is 1.93 bits per heavy atom. The molecule has 2 unspecified atom stereocenters. The van der Waals surface area contributed by atoms with Crippen molar-refractivity contribution in [1.29, 1.82) is 0 Å². The average Bonchev–Trinajstić information content (AvgIpc) is 3.15. The molecule has 0 spiro atoms. The van der Waals surface area contributed by atoms with Crippen molar-refractivity contribution < 1.29 is 33.3 Å². The molecule has 0 saturated carbocycles. The zero-order chi connectivity index (χ0) is 21.5. The number of esters is 3. The molecule has 6 atom stereocenters. The van der Waals surface area contributed by atoms with Crippen LogP contribution in [-0.4, -0.2) is 47.9 Å². The first-order valence-corrected chi connectivity index (χ1v) is 9.84. The van der Waals surface area contributed by atoms with Gasteiger partial charge in [-0.15, -0.1) is 0 Å². The molecule has 2 aliphatic heterocycles. The van der Waals surface area contributed by atoms with Gasteiger partial charge in [-0.05, 0) is 52.2 Å². The maximum absolute atomic E-state index is 12.9. The smallest absolute Gasteiger partial charge is 0.341 e. The van der Waals surface area contributed by atoms with E-state index in [1.165, 1.54) is 6.92 Å². The maximum atomic E-state index is 12.9. The Kier molecular flexibility index (Phi) is 5.72. The van der Waals surface area contributed by atoms with Crippen LogP contribution < -0.4 is 0 Å². The quantitative estimate of drug-likeness (QED) is 0.235. The van der Waals surface area contributed by atoms with E-state index >= 15 is 0 Å². The van der Waals surface area contributed by atoms with E-state index in [9.17, 15) is 14.4 Å². The van der Waals surface area contributed by atoms with Crippen molar-refractivity contribution >= 4 is 17.9 Å². The third-order valence-corrected chi connectivity index (χ3v) is 5.90. The Labute approximate surface area is 170 Å². The number of hydrogen-bond donors (Lipinski definition) is 0. The van der Waals surface area contributed by atoms with Crippen molar-refractivity contribution in [1.82, 2.24) is 0 Å². The number of epoxide rings is 1. The summed E-state index contributed by atoms with van der Waals surface area (Å²) in [6.07, 6.45) is 2.55. The lowest BCUT2D eigenvalue weighted by atomic mass is 9.83. The van der Waals surface area contributed by atoms with Gasteiger partial charge < -0.3 is 18.9 Å². The zero-order valence-corrected chi connectivity index (χ0v) is 17.5. The van der Waals surface area contributed by atoms with E-state index in [0.717, 1.165) is 24.0 Å². The van der Waals surface area contributed by atoms with E-state index in [2.05, 4.69) is 6.58 Å². The van der Waals surface area contributed by atoms with Crippen LogP contribution >= 0.6 is 0 Å². The Hall–Kier alpha value is -2.41. The molecular weight excluding hydrogens is 376 g/mol. The molecule has 2 saturated heterocycles. The second-order valence-electron chi connectivity index (χ2n) is 8.19. The average molecular weight is 404 g/mol. The van der Waals surface area contributed by atoms with Gasteiger partial charge in [-0.2, -0.15) is 0 Å². The summed E-state index contributed by atoms with van der Waals surface area (Å²) >= 11 is 0. The summed E-state index contributed by atoms with van der Waals surface area (Å²) in [4.78, 5) is 37.0. The van der Waals surface area contributed by atoms with E-state index in [-0.39, 0.29) is 11.7 Å². The van der Waals surface area contributed by atoms with Gasteiger partial charge in [0.15, 0.2) is 17.8 Å². The molecule has 7 nitrogen and oxygen atoms in total. The molecule has 1 aliphatic carbocycles. The molecule has 3 aliphatic rings. The van der Waals surface area contributed by atoms with Crippen molar-refractivity contribution in [2.24, 2.45) is 5.92 Å². The third kappa shape index (κ3) is 4.15. The molecule has 0 aromatic carbocycles. The molecule has 7 heteroatoms. The largest absolute Gasteiger partial charge is 0.455 e. The molecule has 0 amide bonds. The van der Waals surface area contributed by atoms with Crippen LogP contribution in [0.25, 0.3) is 0 Å². The van der Waals surface area contributed by atoms with Crippen LogP contribution in [0.2, 0.25) is 0 Å². The minimum atomic E-state index is -1.06. The van der Waals surface area contributed by atoms with Crippen molar-refractivity contribution in [3.63, 3.8) is 0 Å². The van der Waals surface area contributed by atoms with Gasteiger partial charge in [-0.25, -0.2) is 9.59 Å². The lowest BCUT2D eigenvalue weighted by molar-refractivity contribution is -0.172. The molecule has 29 heavy (non-hydrogen) atoms. The van der Waals surface area contributed by atoms with E-state index in [1.807, 2.05) is 26.0 Å². The van der Waals surface area contributed by atoms with Gasteiger partial charge in [-0.3, -0.25) is 4.79 Å². The summed E-state index contributed by atoms with van der Waals surface area (Å²) in [5.41, 5.74) is 0.930. The van der Waals surface area contributed by atoms with Crippen LogP contribution in [0.4, 0.5) is 0 Å². The van der Waals surface area contributed by atoms with E-state index in [0.29, 0.717) is 0 Å². The normalized spacial score (nSPS) is 40.5. The van der Waals surface area contributed by atoms with Gasteiger partial charge >= 0.3 is 17.9 Å². The number of fused-ring (bicyclic) bond motifs is 1. The molecule has 3 rings (SSSR count). The van der Waals surface area contributed by atoms with Crippen LogP contribution in [0.5, 0.6) is 0 Å². The zero-order valence-electron chi connectivity index (χ0n) is 17.5. The summed E-state index contributed by atoms with van der Waals surface area (Å²) in [7, 11) is 0. The fourth-order valence-corrected chi connectivity index (χ4v) is 3.85. The molecule has 0 aromatic heterocycles. The Morgan fingerprint density at radius 3 is 2.52 bits per heavy atom. The highest BCUT2D eigenvalue weighted by Crippen LogP contribution is 2.41. The molecule has 0 bridgehead atoms. The van der Waals surface area contributed by atoms with Gasteiger partial charge in [0.1, 0.15) is 6.10 Å². The lowest BCUT2D eigenvalue weighted by Crippen LogP contribution is -2.46. The van der Waals surface area contributed by atoms with Gasteiger partial charge in [0.05, 0.1) is 12.0 Å². The van der Waals surface area contributed by atoms with Crippen LogP contribution in [0, 0.1) is 5.92 Å². The number of rotatable bonds is 3. The van der Waals surface area contributed by atoms with Crippen LogP contribution in [0.3, 0.4) is 0 Å². The fourth-order valence-electron chi connectivity index (χ4n) is 3.85. The van der Waals surface area contributed by atoms with Crippen LogP contribution in [0.1, 0.15) is 47.5 Å². The lowest BCUT2D eigenvalue weighted by Gasteiger charge is -2.33. The summed E-state index contributed by atoms with van der Waals surface area (Å²) in [5.74, 6) is -2.30. The Balaban J connectivity index is 2.05. The molecule has 0 N–H and O–H groups in total. The molecule has 2 heterocycles. The van der Waals surface area contributed by atoms with Crippen LogP contribution in [-0.2, 0) is 33.3 Å². The van der Waals surface area contributed by atoms with Crippen LogP contribution in [0.15, 0.2) is 35.5 Å². The third-order valence-electron chi connectivity index (χ3n) is 5.90. The fraction of sp³-hybridized carbons (Fsp3) is 0.591. The molecule has 0 aromatic rings. The predicted molar refractivity (Wildman–Crippen MR) is 104 cm³/mol. The monoisotopic (exact) mass is 404 g/mol. The highest BCUT2D eigenvalue weighted by atomic mass is 16.7. The summed E-state index contributed by atoms with van der Waals surface area (Å²) in [5, 5.41) is 0. The molecule has 2 fully saturated rings.